The highest BCUT2D eigenvalue weighted by Crippen LogP contribution is 2.52. The van der Waals surface area contributed by atoms with Gasteiger partial charge in [-0.2, -0.15) is 0 Å². The van der Waals surface area contributed by atoms with Crippen LogP contribution in [0.1, 0.15) is 46.1 Å². The number of amides is 1. The van der Waals surface area contributed by atoms with Gasteiger partial charge in [0.1, 0.15) is 0 Å². The maximum Gasteiger partial charge on any atom is 0.287 e. The Morgan fingerprint density at radius 3 is 2.56 bits per heavy atom. The van der Waals surface area contributed by atoms with Gasteiger partial charge >= 0.3 is 0 Å². The van der Waals surface area contributed by atoms with E-state index < -0.39 is 0 Å². The van der Waals surface area contributed by atoms with Crippen molar-refractivity contribution in [2.45, 2.75) is 36.9 Å². The molecule has 1 aliphatic carbocycles. The van der Waals surface area contributed by atoms with E-state index >= 15 is 0 Å². The summed E-state index contributed by atoms with van der Waals surface area (Å²) in [4.78, 5) is 15.3. The van der Waals surface area contributed by atoms with Crippen molar-refractivity contribution < 1.29 is 13.9 Å². The molecular weight excluding hydrogens is 424 g/mol. The number of carbonyl (C=O) groups excluding carboxylic acids is 1. The van der Waals surface area contributed by atoms with E-state index in [4.69, 9.17) is 20.8 Å². The number of benzene rings is 2. The van der Waals surface area contributed by atoms with Gasteiger partial charge in [-0.05, 0) is 66.9 Å². The third-order valence-electron chi connectivity index (χ3n) is 7.03. The fraction of sp³-hybridized carbons (Fsp3) is 0.346. The second-order valence-corrected chi connectivity index (χ2v) is 9.17. The molecule has 0 bridgehead atoms. The second kappa shape index (κ2) is 8.74. The zero-order chi connectivity index (χ0) is 22.1. The van der Waals surface area contributed by atoms with E-state index in [-0.39, 0.29) is 23.5 Å². The van der Waals surface area contributed by atoms with Crippen LogP contribution in [-0.4, -0.2) is 37.1 Å². The first kappa shape index (κ1) is 21.3. The number of likely N-dealkylation sites (tertiary alicyclic amines) is 1. The maximum atomic E-state index is 12.8. The van der Waals surface area contributed by atoms with Crippen molar-refractivity contribution in [3.05, 3.63) is 94.4 Å². The quantitative estimate of drug-likeness (QED) is 0.596. The average Bonchev–Trinajstić information content (AvgIpc) is 3.44. The minimum atomic E-state index is -0.214. The zero-order valence-corrected chi connectivity index (χ0v) is 18.8. The first-order chi connectivity index (χ1) is 15.6. The topological polar surface area (TPSA) is 54.7 Å². The molecule has 1 N–H and O–H groups in total. The van der Waals surface area contributed by atoms with Crippen LogP contribution in [0.15, 0.2) is 71.3 Å². The summed E-state index contributed by atoms with van der Waals surface area (Å²) in [5.74, 6) is 0.102. The van der Waals surface area contributed by atoms with Gasteiger partial charge in [0, 0.05) is 24.1 Å². The maximum absolute atomic E-state index is 12.8. The molecular formula is C26H27ClN2O3. The Hall–Kier alpha value is -2.60. The third kappa shape index (κ3) is 3.75. The summed E-state index contributed by atoms with van der Waals surface area (Å²) in [7, 11) is 1.75. The van der Waals surface area contributed by atoms with Gasteiger partial charge in [-0.3, -0.25) is 9.69 Å². The molecule has 2 aliphatic rings. The standard InChI is InChI=1S/C26H27ClN2O3/c1-31-24-23(28-25(30)22-7-4-16-32-22)20-5-2-3-6-21(20)26(24)12-14-29(15-13-26)17-18-8-10-19(27)11-9-18/h2-11,16,23-24H,12-15,17H2,1H3,(H,28,30)/t23-,24+/m1/s1. The predicted molar refractivity (Wildman–Crippen MR) is 124 cm³/mol. The molecule has 32 heavy (non-hydrogen) atoms. The minimum absolute atomic E-state index is 0.122. The highest BCUT2D eigenvalue weighted by molar-refractivity contribution is 6.30. The van der Waals surface area contributed by atoms with E-state index in [1.54, 1.807) is 19.2 Å². The number of hydrogen-bond acceptors (Lipinski definition) is 4. The third-order valence-corrected chi connectivity index (χ3v) is 7.28. The molecule has 5 nitrogen and oxygen atoms in total. The highest BCUT2D eigenvalue weighted by Gasteiger charge is 2.54. The van der Waals surface area contributed by atoms with Crippen LogP contribution >= 0.6 is 11.6 Å². The Labute approximate surface area is 193 Å². The van der Waals surface area contributed by atoms with Gasteiger partial charge in [-0.25, -0.2) is 0 Å². The first-order valence-electron chi connectivity index (χ1n) is 11.0. The minimum Gasteiger partial charge on any atom is -0.459 e. The highest BCUT2D eigenvalue weighted by atomic mass is 35.5. The fourth-order valence-electron chi connectivity index (χ4n) is 5.50. The zero-order valence-electron chi connectivity index (χ0n) is 18.1. The SMILES string of the molecule is CO[C@H]1[C@H](NC(=O)c2ccco2)c2ccccc2C12CCN(Cc1ccc(Cl)cc1)CC2. The van der Waals surface area contributed by atoms with Crippen molar-refractivity contribution in [2.24, 2.45) is 0 Å². The molecule has 2 atom stereocenters. The summed E-state index contributed by atoms with van der Waals surface area (Å²) in [5.41, 5.74) is 3.58. The number of hydrogen-bond donors (Lipinski definition) is 1. The van der Waals surface area contributed by atoms with Gasteiger partial charge in [-0.15, -0.1) is 0 Å². The van der Waals surface area contributed by atoms with Gasteiger partial charge in [-0.1, -0.05) is 48.0 Å². The van der Waals surface area contributed by atoms with E-state index in [1.165, 1.54) is 17.4 Å². The van der Waals surface area contributed by atoms with Crippen molar-refractivity contribution in [1.82, 2.24) is 10.2 Å². The number of carbonyl (C=O) groups is 1. The molecule has 1 aliphatic heterocycles. The smallest absolute Gasteiger partial charge is 0.287 e. The number of rotatable bonds is 5. The van der Waals surface area contributed by atoms with E-state index in [2.05, 4.69) is 40.5 Å². The van der Waals surface area contributed by atoms with Gasteiger partial charge in [0.05, 0.1) is 18.4 Å². The molecule has 1 spiro atoms. The normalized spacial score (nSPS) is 22.1. The van der Waals surface area contributed by atoms with E-state index in [9.17, 15) is 4.79 Å². The molecule has 0 unspecified atom stereocenters. The van der Waals surface area contributed by atoms with Crippen LogP contribution in [0.5, 0.6) is 0 Å². The van der Waals surface area contributed by atoms with Crippen molar-refractivity contribution in [3.63, 3.8) is 0 Å². The van der Waals surface area contributed by atoms with Crippen LogP contribution in [-0.2, 0) is 16.7 Å². The Morgan fingerprint density at radius 2 is 1.88 bits per heavy atom. The molecule has 5 rings (SSSR count). The van der Waals surface area contributed by atoms with Gasteiger partial charge in [0.2, 0.25) is 0 Å². The number of piperidine rings is 1. The number of nitrogens with one attached hydrogen (secondary N) is 1. The molecule has 0 radical (unpaired) electrons. The molecule has 2 heterocycles. The lowest BCUT2D eigenvalue weighted by molar-refractivity contribution is -0.0124. The van der Waals surface area contributed by atoms with Gasteiger partial charge < -0.3 is 14.5 Å². The Balaban J connectivity index is 1.37. The summed E-state index contributed by atoms with van der Waals surface area (Å²) in [6.07, 6.45) is 3.34. The Bertz CT molecular complexity index is 1070. The molecule has 1 saturated heterocycles. The Kier molecular flexibility index (Phi) is 5.80. The summed E-state index contributed by atoms with van der Waals surface area (Å²) in [5, 5.41) is 3.95. The van der Waals surface area contributed by atoms with Gasteiger partial charge in [0.15, 0.2) is 5.76 Å². The molecule has 1 amide bonds. The molecule has 166 valence electrons. The summed E-state index contributed by atoms with van der Waals surface area (Å²) in [6.45, 7) is 2.84. The van der Waals surface area contributed by atoms with E-state index in [0.717, 1.165) is 43.1 Å². The Morgan fingerprint density at radius 1 is 1.12 bits per heavy atom. The largest absolute Gasteiger partial charge is 0.459 e. The monoisotopic (exact) mass is 450 g/mol. The predicted octanol–water partition coefficient (Wildman–Crippen LogP) is 4.97. The summed E-state index contributed by atoms with van der Waals surface area (Å²) in [6, 6.07) is 19.7. The molecule has 6 heteroatoms. The van der Waals surface area contributed by atoms with Crippen molar-refractivity contribution in [2.75, 3.05) is 20.2 Å². The lowest BCUT2D eigenvalue weighted by Gasteiger charge is -2.44. The average molecular weight is 451 g/mol. The fourth-order valence-corrected chi connectivity index (χ4v) is 5.63. The number of halogens is 1. The second-order valence-electron chi connectivity index (χ2n) is 8.73. The van der Waals surface area contributed by atoms with Crippen LogP contribution in [0.25, 0.3) is 0 Å². The molecule has 1 aromatic heterocycles. The number of furan rings is 1. The van der Waals surface area contributed by atoms with Crippen LogP contribution in [0.4, 0.5) is 0 Å². The number of nitrogens with zero attached hydrogens (tertiary/aromatic N) is 1. The number of methoxy groups -OCH3 is 1. The first-order valence-corrected chi connectivity index (χ1v) is 11.4. The molecule has 0 saturated carbocycles. The van der Waals surface area contributed by atoms with Crippen LogP contribution < -0.4 is 5.32 Å². The van der Waals surface area contributed by atoms with E-state index in [1.807, 2.05) is 18.2 Å². The van der Waals surface area contributed by atoms with Crippen LogP contribution in [0.2, 0.25) is 5.02 Å². The molecule has 2 aromatic carbocycles. The number of fused-ring (bicyclic) bond motifs is 2. The van der Waals surface area contributed by atoms with Crippen molar-refractivity contribution >= 4 is 17.5 Å². The summed E-state index contributed by atoms with van der Waals surface area (Å²) >= 11 is 6.04. The number of ether oxygens (including phenoxy) is 1. The molecule has 3 aromatic rings. The lowest BCUT2D eigenvalue weighted by atomic mass is 9.72. The van der Waals surface area contributed by atoms with Gasteiger partial charge in [0.25, 0.3) is 5.91 Å². The van der Waals surface area contributed by atoms with Crippen molar-refractivity contribution in [1.29, 1.82) is 0 Å². The lowest BCUT2D eigenvalue weighted by Crippen LogP contribution is -2.50. The van der Waals surface area contributed by atoms with E-state index in [0.29, 0.717) is 5.76 Å². The van der Waals surface area contributed by atoms with Crippen molar-refractivity contribution in [3.8, 4) is 0 Å². The molecule has 1 fully saturated rings. The summed E-state index contributed by atoms with van der Waals surface area (Å²) < 4.78 is 11.4. The van der Waals surface area contributed by atoms with Crippen LogP contribution in [0, 0.1) is 0 Å². The van der Waals surface area contributed by atoms with Crippen LogP contribution in [0.3, 0.4) is 0 Å².